The number of rotatable bonds is 5. The molecule has 2 saturated heterocycles. The summed E-state index contributed by atoms with van der Waals surface area (Å²) in [6.45, 7) is 6.51. The van der Waals surface area contributed by atoms with Gasteiger partial charge in [0.05, 0.1) is 4.88 Å². The van der Waals surface area contributed by atoms with Crippen molar-refractivity contribution in [2.75, 3.05) is 42.1 Å². The Morgan fingerprint density at radius 2 is 1.91 bits per heavy atom. The van der Waals surface area contributed by atoms with Gasteiger partial charge in [0.1, 0.15) is 11.6 Å². The van der Waals surface area contributed by atoms with Crippen LogP contribution in [0.3, 0.4) is 0 Å². The maximum Gasteiger partial charge on any atom is 0.180 e. The minimum atomic E-state index is 0.526. The maximum atomic E-state index is 5.83. The molecule has 1 spiro atoms. The molecule has 6 rings (SSSR count). The average Bonchev–Trinajstić information content (AvgIpc) is 3.32. The highest BCUT2D eigenvalue weighted by atomic mass is 32.1. The molecule has 1 aromatic carbocycles. The second-order valence-corrected chi connectivity index (χ2v) is 10.6. The number of hydrogen-bond donors (Lipinski definition) is 3. The van der Waals surface area contributed by atoms with Crippen LogP contribution in [0.4, 0.5) is 16.8 Å². The van der Waals surface area contributed by atoms with E-state index in [2.05, 4.69) is 73.0 Å². The lowest BCUT2D eigenvalue weighted by Crippen LogP contribution is -2.58. The van der Waals surface area contributed by atoms with Gasteiger partial charge in [-0.15, -0.1) is 0 Å². The van der Waals surface area contributed by atoms with Gasteiger partial charge in [-0.3, -0.25) is 0 Å². The maximum absolute atomic E-state index is 5.83. The van der Waals surface area contributed by atoms with Crippen LogP contribution in [0.25, 0.3) is 26.9 Å². The first-order valence-corrected chi connectivity index (χ1v) is 12.9. The van der Waals surface area contributed by atoms with Crippen molar-refractivity contribution in [1.29, 1.82) is 0 Å². The summed E-state index contributed by atoms with van der Waals surface area (Å²) in [6.07, 6.45) is 10.2. The molecular formula is C27H29N7S. The van der Waals surface area contributed by atoms with Crippen molar-refractivity contribution in [3.05, 3.63) is 66.6 Å². The second-order valence-electron chi connectivity index (χ2n) is 9.51. The van der Waals surface area contributed by atoms with E-state index in [0.29, 0.717) is 10.5 Å². The Morgan fingerprint density at radius 3 is 2.63 bits per heavy atom. The highest BCUT2D eigenvalue weighted by Gasteiger charge is 2.39. The molecule has 0 bridgehead atoms. The minimum absolute atomic E-state index is 0.526. The highest BCUT2D eigenvalue weighted by molar-refractivity contribution is 7.18. The number of allylic oxidation sites excluding steroid dienone is 1. The number of nitrogen functional groups attached to an aromatic ring is 1. The predicted octanol–water partition coefficient (Wildman–Crippen LogP) is 5.00. The van der Waals surface area contributed by atoms with Crippen LogP contribution in [-0.4, -0.2) is 41.1 Å². The first-order valence-electron chi connectivity index (χ1n) is 12.1. The van der Waals surface area contributed by atoms with Gasteiger partial charge in [-0.2, -0.15) is 0 Å². The molecule has 5 heterocycles. The smallest absolute Gasteiger partial charge is 0.180 e. The van der Waals surface area contributed by atoms with Gasteiger partial charge in [0.15, 0.2) is 5.13 Å². The summed E-state index contributed by atoms with van der Waals surface area (Å²) >= 11 is 1.50. The van der Waals surface area contributed by atoms with Gasteiger partial charge in [0.2, 0.25) is 0 Å². The summed E-state index contributed by atoms with van der Waals surface area (Å²) < 4.78 is 0. The Morgan fingerprint density at radius 1 is 1.06 bits per heavy atom. The zero-order valence-electron chi connectivity index (χ0n) is 19.8. The number of thiazole rings is 1. The van der Waals surface area contributed by atoms with E-state index in [1.54, 1.807) is 0 Å². The average molecular weight is 484 g/mol. The van der Waals surface area contributed by atoms with Gasteiger partial charge >= 0.3 is 0 Å². The Labute approximate surface area is 209 Å². The Kier molecular flexibility index (Phi) is 5.62. The standard InChI is InChI=1S/C27H29N7S/c1-2-22(18-5-8-30-25(13-18)34-9-6-27(7-10-34)16-29-17-27)33-24-12-21-11-19(3-4-20(21)14-31-24)23-15-32-26(28)35-23/h2-5,8,11-15,29H,6-7,9-10,16-17H2,1H3,(H2,28,32)(H,31,33)/b22-2+. The number of benzene rings is 1. The molecule has 2 aliphatic heterocycles. The topological polar surface area (TPSA) is 92.0 Å². The van der Waals surface area contributed by atoms with Crippen molar-refractivity contribution < 1.29 is 0 Å². The summed E-state index contributed by atoms with van der Waals surface area (Å²) in [6, 6.07) is 12.7. The van der Waals surface area contributed by atoms with Gasteiger partial charge in [-0.25, -0.2) is 15.0 Å². The number of aromatic nitrogens is 3. The molecule has 7 nitrogen and oxygen atoms in total. The van der Waals surface area contributed by atoms with E-state index in [4.69, 9.17) is 5.73 Å². The number of nitrogens with zero attached hydrogens (tertiary/aromatic N) is 4. The summed E-state index contributed by atoms with van der Waals surface area (Å²) in [5.41, 5.74) is 9.59. The molecule has 3 aromatic heterocycles. The zero-order valence-corrected chi connectivity index (χ0v) is 20.6. The summed E-state index contributed by atoms with van der Waals surface area (Å²) in [5.74, 6) is 1.85. The second kappa shape index (κ2) is 8.94. The van der Waals surface area contributed by atoms with Gasteiger partial charge in [-0.05, 0) is 60.4 Å². The fraction of sp³-hybridized carbons (Fsp3) is 0.296. The van der Waals surface area contributed by atoms with Crippen LogP contribution in [0.15, 0.2) is 61.1 Å². The normalized spacial score (nSPS) is 17.5. The Hall–Kier alpha value is -3.49. The Bertz CT molecular complexity index is 1400. The van der Waals surface area contributed by atoms with Crippen LogP contribution in [0, 0.1) is 5.41 Å². The molecular weight excluding hydrogens is 454 g/mol. The van der Waals surface area contributed by atoms with Gasteiger partial charge < -0.3 is 21.3 Å². The fourth-order valence-electron chi connectivity index (χ4n) is 5.03. The molecule has 2 aliphatic rings. The van der Waals surface area contributed by atoms with Crippen molar-refractivity contribution >= 4 is 44.6 Å². The molecule has 0 saturated carbocycles. The number of pyridine rings is 2. The van der Waals surface area contributed by atoms with Crippen molar-refractivity contribution in [3.8, 4) is 10.4 Å². The van der Waals surface area contributed by atoms with E-state index in [0.717, 1.165) is 57.2 Å². The van der Waals surface area contributed by atoms with Gasteiger partial charge in [0, 0.05) is 61.4 Å². The molecule has 4 aromatic rings. The summed E-state index contributed by atoms with van der Waals surface area (Å²) in [7, 11) is 0. The third-order valence-electron chi connectivity index (χ3n) is 7.29. The number of hydrogen-bond acceptors (Lipinski definition) is 8. The quantitative estimate of drug-likeness (QED) is 0.368. The van der Waals surface area contributed by atoms with Gasteiger partial charge in [0.25, 0.3) is 0 Å². The van der Waals surface area contributed by atoms with E-state index in [1.807, 2.05) is 25.5 Å². The Balaban J connectivity index is 1.22. The summed E-state index contributed by atoms with van der Waals surface area (Å²) in [4.78, 5) is 17.0. The molecule has 178 valence electrons. The zero-order chi connectivity index (χ0) is 23.8. The summed E-state index contributed by atoms with van der Waals surface area (Å²) in [5, 5.41) is 9.76. The van der Waals surface area contributed by atoms with Crippen molar-refractivity contribution in [2.45, 2.75) is 19.8 Å². The molecule has 0 amide bonds. The largest absolute Gasteiger partial charge is 0.375 e. The highest BCUT2D eigenvalue weighted by Crippen LogP contribution is 2.36. The molecule has 0 atom stereocenters. The van der Waals surface area contributed by atoms with Crippen LogP contribution in [-0.2, 0) is 0 Å². The predicted molar refractivity (Wildman–Crippen MR) is 146 cm³/mol. The van der Waals surface area contributed by atoms with Crippen LogP contribution in [0.1, 0.15) is 25.3 Å². The first kappa shape index (κ1) is 22.0. The minimum Gasteiger partial charge on any atom is -0.375 e. The lowest BCUT2D eigenvalue weighted by molar-refractivity contribution is 0.126. The van der Waals surface area contributed by atoms with E-state index >= 15 is 0 Å². The molecule has 2 fully saturated rings. The fourth-order valence-corrected chi connectivity index (χ4v) is 5.71. The lowest BCUT2D eigenvalue weighted by Gasteiger charge is -2.48. The molecule has 4 N–H and O–H groups in total. The third-order valence-corrected chi connectivity index (χ3v) is 8.16. The van der Waals surface area contributed by atoms with Crippen LogP contribution in [0.5, 0.6) is 0 Å². The van der Waals surface area contributed by atoms with E-state index in [1.165, 1.54) is 37.3 Å². The third kappa shape index (κ3) is 4.35. The van der Waals surface area contributed by atoms with Crippen LogP contribution < -0.4 is 21.3 Å². The van der Waals surface area contributed by atoms with Crippen LogP contribution >= 0.6 is 11.3 Å². The molecule has 0 unspecified atom stereocenters. The van der Waals surface area contributed by atoms with E-state index in [-0.39, 0.29) is 0 Å². The SMILES string of the molecule is C/C=C(/Nc1cc2cc(-c3cnc(N)s3)ccc2cn1)c1ccnc(N2CCC3(CC2)CNC3)c1. The monoisotopic (exact) mass is 483 g/mol. The lowest BCUT2D eigenvalue weighted by atomic mass is 9.73. The van der Waals surface area contributed by atoms with Crippen molar-refractivity contribution in [2.24, 2.45) is 5.41 Å². The molecule has 35 heavy (non-hydrogen) atoms. The first-order chi connectivity index (χ1) is 17.1. The number of nitrogens with one attached hydrogen (secondary N) is 2. The van der Waals surface area contributed by atoms with E-state index < -0.39 is 0 Å². The van der Waals surface area contributed by atoms with Crippen LogP contribution in [0.2, 0.25) is 0 Å². The molecule has 8 heteroatoms. The number of nitrogens with two attached hydrogens (primary N) is 1. The van der Waals surface area contributed by atoms with E-state index in [9.17, 15) is 0 Å². The number of anilines is 3. The number of fused-ring (bicyclic) bond motifs is 1. The van der Waals surface area contributed by atoms with Crippen molar-refractivity contribution in [3.63, 3.8) is 0 Å². The van der Waals surface area contributed by atoms with Crippen molar-refractivity contribution in [1.82, 2.24) is 20.3 Å². The van der Waals surface area contributed by atoms with Gasteiger partial charge in [-0.1, -0.05) is 29.5 Å². The molecule has 0 radical (unpaired) electrons. The number of piperidine rings is 1. The molecule has 0 aliphatic carbocycles.